The molecular weight excluding hydrogens is 272 g/mol. The van der Waals surface area contributed by atoms with Gasteiger partial charge in [0.1, 0.15) is 11.4 Å². The molecule has 1 saturated heterocycles. The third-order valence-electron chi connectivity index (χ3n) is 3.05. The first-order chi connectivity index (χ1) is 9.89. The summed E-state index contributed by atoms with van der Waals surface area (Å²) in [6.45, 7) is 7.07. The van der Waals surface area contributed by atoms with Crippen molar-refractivity contribution >= 4 is 6.09 Å². The SMILES string of the molecule is COCOc1ccc(C2CN(C(=O)OC(C)(C)C)C2)nc1. The lowest BCUT2D eigenvalue weighted by Crippen LogP contribution is -2.50. The maximum atomic E-state index is 11.8. The molecule has 0 radical (unpaired) electrons. The van der Waals surface area contributed by atoms with Gasteiger partial charge in [-0.1, -0.05) is 0 Å². The number of nitrogens with zero attached hydrogens (tertiary/aromatic N) is 2. The van der Waals surface area contributed by atoms with E-state index in [1.807, 2.05) is 32.9 Å². The highest BCUT2D eigenvalue weighted by atomic mass is 16.7. The van der Waals surface area contributed by atoms with Crippen molar-refractivity contribution < 1.29 is 19.0 Å². The Hall–Kier alpha value is -1.82. The fourth-order valence-electron chi connectivity index (χ4n) is 1.99. The zero-order valence-electron chi connectivity index (χ0n) is 13.0. The van der Waals surface area contributed by atoms with Gasteiger partial charge in [-0.2, -0.15) is 0 Å². The van der Waals surface area contributed by atoms with E-state index in [1.54, 1.807) is 18.2 Å². The Morgan fingerprint density at radius 2 is 2.10 bits per heavy atom. The second-order valence-corrected chi connectivity index (χ2v) is 6.05. The highest BCUT2D eigenvalue weighted by molar-refractivity contribution is 5.69. The molecule has 0 N–H and O–H groups in total. The van der Waals surface area contributed by atoms with Crippen LogP contribution >= 0.6 is 0 Å². The number of aromatic nitrogens is 1. The lowest BCUT2D eigenvalue weighted by molar-refractivity contribution is 0.00782. The largest absolute Gasteiger partial charge is 0.466 e. The molecule has 1 amide bonds. The monoisotopic (exact) mass is 294 g/mol. The van der Waals surface area contributed by atoms with Crippen molar-refractivity contribution in [1.29, 1.82) is 0 Å². The standard InChI is InChI=1S/C15H22N2O4/c1-15(2,3)21-14(18)17-8-11(9-17)13-6-5-12(7-16-13)20-10-19-4/h5-7,11H,8-10H2,1-4H3. The van der Waals surface area contributed by atoms with Crippen LogP contribution in [0.3, 0.4) is 0 Å². The molecule has 1 aliphatic heterocycles. The van der Waals surface area contributed by atoms with E-state index in [2.05, 4.69) is 4.98 Å². The molecule has 0 aliphatic carbocycles. The minimum atomic E-state index is -0.458. The Labute approximate surface area is 125 Å². The number of ether oxygens (including phenoxy) is 3. The van der Waals surface area contributed by atoms with Gasteiger partial charge < -0.3 is 19.1 Å². The second-order valence-electron chi connectivity index (χ2n) is 6.05. The van der Waals surface area contributed by atoms with Crippen molar-refractivity contribution in [3.05, 3.63) is 24.0 Å². The minimum absolute atomic E-state index is 0.205. The van der Waals surface area contributed by atoms with Gasteiger partial charge in [0, 0.05) is 31.8 Å². The molecular formula is C15H22N2O4. The Bertz CT molecular complexity index is 475. The average Bonchev–Trinajstić information content (AvgIpc) is 2.34. The minimum Gasteiger partial charge on any atom is -0.466 e. The molecule has 6 nitrogen and oxygen atoms in total. The van der Waals surface area contributed by atoms with Crippen LogP contribution < -0.4 is 4.74 Å². The van der Waals surface area contributed by atoms with E-state index >= 15 is 0 Å². The molecule has 2 heterocycles. The first-order valence-corrected chi connectivity index (χ1v) is 6.94. The van der Waals surface area contributed by atoms with E-state index in [0.29, 0.717) is 18.8 Å². The number of hydrogen-bond donors (Lipinski definition) is 0. The summed E-state index contributed by atoms with van der Waals surface area (Å²) in [4.78, 5) is 17.9. The van der Waals surface area contributed by atoms with E-state index in [9.17, 15) is 4.79 Å². The maximum Gasteiger partial charge on any atom is 0.410 e. The van der Waals surface area contributed by atoms with Crippen molar-refractivity contribution in [2.45, 2.75) is 32.3 Å². The number of methoxy groups -OCH3 is 1. The smallest absolute Gasteiger partial charge is 0.410 e. The van der Waals surface area contributed by atoms with Gasteiger partial charge in [0.05, 0.1) is 6.20 Å². The van der Waals surface area contributed by atoms with E-state index in [4.69, 9.17) is 14.2 Å². The number of rotatable bonds is 4. The Kier molecular flexibility index (Phi) is 4.67. The van der Waals surface area contributed by atoms with E-state index in [-0.39, 0.29) is 18.8 Å². The summed E-state index contributed by atoms with van der Waals surface area (Å²) in [5.41, 5.74) is 0.500. The summed E-state index contributed by atoms with van der Waals surface area (Å²) in [6, 6.07) is 3.78. The summed E-state index contributed by atoms with van der Waals surface area (Å²) >= 11 is 0. The molecule has 1 aromatic rings. The number of carbonyl (C=O) groups excluding carboxylic acids is 1. The molecule has 6 heteroatoms. The quantitative estimate of drug-likeness (QED) is 0.798. The van der Waals surface area contributed by atoms with Crippen LogP contribution in [0, 0.1) is 0 Å². The van der Waals surface area contributed by atoms with Crippen LogP contribution in [0.25, 0.3) is 0 Å². The number of hydrogen-bond acceptors (Lipinski definition) is 5. The van der Waals surface area contributed by atoms with Gasteiger partial charge in [0.15, 0.2) is 6.79 Å². The highest BCUT2D eigenvalue weighted by Crippen LogP contribution is 2.27. The van der Waals surface area contributed by atoms with Gasteiger partial charge >= 0.3 is 6.09 Å². The summed E-state index contributed by atoms with van der Waals surface area (Å²) in [6.07, 6.45) is 1.41. The molecule has 116 valence electrons. The van der Waals surface area contributed by atoms with Crippen LogP contribution in [0.2, 0.25) is 0 Å². The molecule has 0 saturated carbocycles. The average molecular weight is 294 g/mol. The first kappa shape index (κ1) is 15.6. The molecule has 0 bridgehead atoms. The fraction of sp³-hybridized carbons (Fsp3) is 0.600. The molecule has 0 spiro atoms. The topological polar surface area (TPSA) is 60.9 Å². The normalized spacial score (nSPS) is 15.5. The first-order valence-electron chi connectivity index (χ1n) is 6.94. The molecule has 21 heavy (non-hydrogen) atoms. The molecule has 0 atom stereocenters. The molecule has 1 aliphatic rings. The van der Waals surface area contributed by atoms with Crippen LogP contribution in [-0.4, -0.2) is 48.6 Å². The van der Waals surface area contributed by atoms with Gasteiger partial charge in [-0.3, -0.25) is 4.98 Å². The zero-order chi connectivity index (χ0) is 15.5. The number of pyridine rings is 1. The van der Waals surface area contributed by atoms with Gasteiger partial charge in [-0.15, -0.1) is 0 Å². The Morgan fingerprint density at radius 3 is 2.62 bits per heavy atom. The van der Waals surface area contributed by atoms with Gasteiger partial charge in [0.2, 0.25) is 0 Å². The fourth-order valence-corrected chi connectivity index (χ4v) is 1.99. The molecule has 0 aromatic carbocycles. The Balaban J connectivity index is 1.82. The van der Waals surface area contributed by atoms with Crippen LogP contribution in [0.1, 0.15) is 32.4 Å². The van der Waals surface area contributed by atoms with Crippen molar-refractivity contribution in [2.75, 3.05) is 27.0 Å². The molecule has 1 fully saturated rings. The van der Waals surface area contributed by atoms with Gasteiger partial charge in [-0.05, 0) is 32.9 Å². The van der Waals surface area contributed by atoms with Crippen molar-refractivity contribution in [3.63, 3.8) is 0 Å². The second kappa shape index (κ2) is 6.30. The molecule has 1 aromatic heterocycles. The lowest BCUT2D eigenvalue weighted by Gasteiger charge is -2.39. The number of amides is 1. The molecule has 2 rings (SSSR count). The van der Waals surface area contributed by atoms with E-state index in [1.165, 1.54) is 0 Å². The highest BCUT2D eigenvalue weighted by Gasteiger charge is 2.35. The predicted molar refractivity (Wildman–Crippen MR) is 77.3 cm³/mol. The Morgan fingerprint density at radius 1 is 1.38 bits per heavy atom. The van der Waals surface area contributed by atoms with Crippen LogP contribution in [0.15, 0.2) is 18.3 Å². The zero-order valence-corrected chi connectivity index (χ0v) is 13.0. The summed E-state index contributed by atoms with van der Waals surface area (Å²) in [5, 5.41) is 0. The lowest BCUT2D eigenvalue weighted by atomic mass is 9.96. The van der Waals surface area contributed by atoms with Crippen LogP contribution in [0.4, 0.5) is 4.79 Å². The van der Waals surface area contributed by atoms with Crippen LogP contribution in [-0.2, 0) is 9.47 Å². The summed E-state index contributed by atoms with van der Waals surface area (Å²) in [5.74, 6) is 0.929. The molecule has 0 unspecified atom stereocenters. The number of carbonyl (C=O) groups is 1. The third-order valence-corrected chi connectivity index (χ3v) is 3.05. The van der Waals surface area contributed by atoms with E-state index in [0.717, 1.165) is 5.69 Å². The predicted octanol–water partition coefficient (Wildman–Crippen LogP) is 2.40. The van der Waals surface area contributed by atoms with Crippen molar-refractivity contribution in [1.82, 2.24) is 9.88 Å². The van der Waals surface area contributed by atoms with Crippen molar-refractivity contribution in [2.24, 2.45) is 0 Å². The van der Waals surface area contributed by atoms with Crippen LogP contribution in [0.5, 0.6) is 5.75 Å². The van der Waals surface area contributed by atoms with E-state index < -0.39 is 5.60 Å². The van der Waals surface area contributed by atoms with Crippen molar-refractivity contribution in [3.8, 4) is 5.75 Å². The number of likely N-dealkylation sites (tertiary alicyclic amines) is 1. The summed E-state index contributed by atoms with van der Waals surface area (Å²) < 4.78 is 15.4. The van der Waals surface area contributed by atoms with Gasteiger partial charge in [0.25, 0.3) is 0 Å². The van der Waals surface area contributed by atoms with Gasteiger partial charge in [-0.25, -0.2) is 4.79 Å². The summed E-state index contributed by atoms with van der Waals surface area (Å²) in [7, 11) is 1.57. The third kappa shape index (κ3) is 4.32. The maximum absolute atomic E-state index is 11.8.